The molecule has 0 spiro atoms. The Balaban J connectivity index is 2.58. The molecule has 228 valence electrons. The third-order valence-corrected chi connectivity index (χ3v) is 7.09. The molecule has 0 bridgehead atoms. The van der Waals surface area contributed by atoms with Crippen LogP contribution < -0.4 is 26.6 Å². The van der Waals surface area contributed by atoms with Crippen molar-refractivity contribution in [3.05, 3.63) is 35.9 Å². The summed E-state index contributed by atoms with van der Waals surface area (Å²) in [5.74, 6) is -2.98. The molecular formula is C31H49N5O5. The Morgan fingerprint density at radius 1 is 0.512 bits per heavy atom. The molecule has 0 unspecified atom stereocenters. The molecule has 1 heterocycles. The van der Waals surface area contributed by atoms with Crippen LogP contribution in [0.1, 0.15) is 73.8 Å². The van der Waals surface area contributed by atoms with Crippen molar-refractivity contribution in [3.63, 3.8) is 0 Å². The highest BCUT2D eigenvalue weighted by Gasteiger charge is 2.36. The van der Waals surface area contributed by atoms with E-state index in [9.17, 15) is 24.0 Å². The van der Waals surface area contributed by atoms with Gasteiger partial charge in [0.1, 0.15) is 30.2 Å². The maximum atomic E-state index is 13.6. The van der Waals surface area contributed by atoms with Gasteiger partial charge < -0.3 is 26.6 Å². The molecule has 1 aromatic rings. The van der Waals surface area contributed by atoms with Gasteiger partial charge in [0.05, 0.1) is 0 Å². The zero-order chi connectivity index (χ0) is 30.9. The predicted molar refractivity (Wildman–Crippen MR) is 158 cm³/mol. The van der Waals surface area contributed by atoms with E-state index in [2.05, 4.69) is 26.6 Å². The molecule has 1 aromatic carbocycles. The molecule has 10 nitrogen and oxygen atoms in total. The zero-order valence-electron chi connectivity index (χ0n) is 25.7. The largest absolute Gasteiger partial charge is 0.343 e. The fraction of sp³-hybridized carbons (Fsp3) is 0.645. The smallest absolute Gasteiger partial charge is 0.243 e. The summed E-state index contributed by atoms with van der Waals surface area (Å²) in [6.45, 7) is 15.0. The van der Waals surface area contributed by atoms with Crippen molar-refractivity contribution in [2.45, 2.75) is 105 Å². The van der Waals surface area contributed by atoms with Crippen molar-refractivity contribution in [1.82, 2.24) is 26.6 Å². The highest BCUT2D eigenvalue weighted by atomic mass is 16.2. The third kappa shape index (κ3) is 10.5. The van der Waals surface area contributed by atoms with Gasteiger partial charge in [0, 0.05) is 6.42 Å². The summed E-state index contributed by atoms with van der Waals surface area (Å²) in [5, 5.41) is 14.1. The molecule has 1 saturated heterocycles. The Kier molecular flexibility index (Phi) is 12.8. The number of carbonyl (C=O) groups excluding carboxylic acids is 5. The van der Waals surface area contributed by atoms with Gasteiger partial charge in [0.15, 0.2) is 0 Å². The fourth-order valence-corrected chi connectivity index (χ4v) is 4.84. The van der Waals surface area contributed by atoms with E-state index >= 15 is 0 Å². The van der Waals surface area contributed by atoms with Crippen molar-refractivity contribution < 1.29 is 24.0 Å². The molecule has 5 amide bonds. The van der Waals surface area contributed by atoms with E-state index < -0.39 is 59.7 Å². The standard InChI is InChI=1S/C31H49N5O5/c1-17(2)14-22-27(37)32-24(16-21-12-10-9-11-13-21)29(39)36-26(20(7)8)31(41)34-23(15-18(3)4)28(38)35-25(19(5)6)30(40)33-22/h9-13,17-20,22-26H,14-16H2,1-8H3,(H,32,37)(H,33,40)(H,34,41)(H,35,38)(H,36,39)/t22-,23-,24-,25+,26+/m0/s1. The van der Waals surface area contributed by atoms with Gasteiger partial charge in [-0.05, 0) is 42.1 Å². The van der Waals surface area contributed by atoms with E-state index in [0.717, 1.165) is 5.56 Å². The van der Waals surface area contributed by atoms with Crippen LogP contribution >= 0.6 is 0 Å². The Hall–Kier alpha value is -3.43. The number of hydrogen-bond acceptors (Lipinski definition) is 5. The van der Waals surface area contributed by atoms with Gasteiger partial charge in [0.25, 0.3) is 0 Å². The average molecular weight is 572 g/mol. The summed E-state index contributed by atoms with van der Waals surface area (Å²) in [5.41, 5.74) is 0.826. The van der Waals surface area contributed by atoms with Crippen LogP contribution in [-0.4, -0.2) is 59.7 Å². The Bertz CT molecular complexity index is 1060. The summed E-state index contributed by atoms with van der Waals surface area (Å²) >= 11 is 0. The zero-order valence-corrected chi connectivity index (χ0v) is 25.7. The molecule has 5 atom stereocenters. The van der Waals surface area contributed by atoms with Gasteiger partial charge in [-0.15, -0.1) is 0 Å². The second kappa shape index (κ2) is 15.5. The Morgan fingerprint density at radius 2 is 0.878 bits per heavy atom. The average Bonchev–Trinajstić information content (AvgIpc) is 2.87. The second-order valence-electron chi connectivity index (χ2n) is 12.6. The normalized spacial score (nSPS) is 25.3. The molecule has 2 rings (SSSR count). The van der Waals surface area contributed by atoms with Crippen molar-refractivity contribution in [2.24, 2.45) is 23.7 Å². The highest BCUT2D eigenvalue weighted by molar-refractivity contribution is 5.98. The third-order valence-electron chi connectivity index (χ3n) is 7.09. The molecule has 0 aliphatic carbocycles. The monoisotopic (exact) mass is 571 g/mol. The van der Waals surface area contributed by atoms with Crippen LogP contribution in [-0.2, 0) is 30.4 Å². The number of nitrogens with one attached hydrogen (secondary N) is 5. The van der Waals surface area contributed by atoms with Gasteiger partial charge >= 0.3 is 0 Å². The number of hydrogen-bond donors (Lipinski definition) is 5. The summed E-state index contributed by atoms with van der Waals surface area (Å²) < 4.78 is 0. The first-order valence-electron chi connectivity index (χ1n) is 14.7. The minimum atomic E-state index is -0.997. The lowest BCUT2D eigenvalue weighted by Crippen LogP contribution is -2.59. The number of amides is 5. The SMILES string of the molecule is CC(C)C[C@@H]1NC(=O)[C@@H](C(C)C)NC(=O)[C@H](CC(C)C)NC(=O)[C@@H](C(C)C)NC(=O)[C@H](Cc2ccccc2)NC1=O. The van der Waals surface area contributed by atoms with E-state index in [1.54, 1.807) is 27.7 Å². The summed E-state index contributed by atoms with van der Waals surface area (Å²) in [4.78, 5) is 67.7. The lowest BCUT2D eigenvalue weighted by Gasteiger charge is -2.29. The first-order chi connectivity index (χ1) is 19.2. The van der Waals surface area contributed by atoms with Crippen molar-refractivity contribution in [1.29, 1.82) is 0 Å². The van der Waals surface area contributed by atoms with Crippen molar-refractivity contribution >= 4 is 29.5 Å². The summed E-state index contributed by atoms with van der Waals surface area (Å²) in [7, 11) is 0. The van der Waals surface area contributed by atoms with Crippen molar-refractivity contribution in [2.75, 3.05) is 0 Å². The first-order valence-corrected chi connectivity index (χ1v) is 14.7. The lowest BCUT2D eigenvalue weighted by molar-refractivity contribution is -0.135. The van der Waals surface area contributed by atoms with Crippen LogP contribution in [0.4, 0.5) is 0 Å². The van der Waals surface area contributed by atoms with Crippen LogP contribution in [0.25, 0.3) is 0 Å². The molecule has 10 heteroatoms. The molecule has 1 aliphatic rings. The van der Waals surface area contributed by atoms with Gasteiger partial charge in [-0.1, -0.05) is 85.7 Å². The van der Waals surface area contributed by atoms with Gasteiger partial charge in [-0.25, -0.2) is 0 Å². The van der Waals surface area contributed by atoms with E-state index in [1.807, 2.05) is 58.0 Å². The Labute approximate surface area is 244 Å². The van der Waals surface area contributed by atoms with E-state index in [0.29, 0.717) is 12.8 Å². The van der Waals surface area contributed by atoms with E-state index in [1.165, 1.54) is 0 Å². The van der Waals surface area contributed by atoms with Crippen LogP contribution in [0.5, 0.6) is 0 Å². The molecule has 1 aliphatic heterocycles. The fourth-order valence-electron chi connectivity index (χ4n) is 4.84. The summed E-state index contributed by atoms with van der Waals surface area (Å²) in [6.07, 6.45) is 0.869. The van der Waals surface area contributed by atoms with Gasteiger partial charge in [-0.3, -0.25) is 24.0 Å². The molecule has 0 radical (unpaired) electrons. The summed E-state index contributed by atoms with van der Waals surface area (Å²) in [6, 6.07) is 4.56. The van der Waals surface area contributed by atoms with Crippen LogP contribution in [0.3, 0.4) is 0 Å². The molecular weight excluding hydrogens is 522 g/mol. The minimum absolute atomic E-state index is 0.0594. The molecule has 41 heavy (non-hydrogen) atoms. The van der Waals surface area contributed by atoms with Crippen LogP contribution in [0.15, 0.2) is 30.3 Å². The topological polar surface area (TPSA) is 146 Å². The van der Waals surface area contributed by atoms with Gasteiger partial charge in [0.2, 0.25) is 29.5 Å². The molecule has 1 fully saturated rings. The van der Waals surface area contributed by atoms with Crippen LogP contribution in [0.2, 0.25) is 0 Å². The molecule has 0 aromatic heterocycles. The lowest BCUT2D eigenvalue weighted by atomic mass is 9.97. The van der Waals surface area contributed by atoms with Crippen molar-refractivity contribution in [3.8, 4) is 0 Å². The highest BCUT2D eigenvalue weighted by Crippen LogP contribution is 2.13. The maximum absolute atomic E-state index is 13.6. The quantitative estimate of drug-likeness (QED) is 0.324. The van der Waals surface area contributed by atoms with E-state index in [-0.39, 0.29) is 30.1 Å². The number of rotatable bonds is 8. The first kappa shape index (κ1) is 33.8. The molecule has 5 N–H and O–H groups in total. The van der Waals surface area contributed by atoms with Gasteiger partial charge in [-0.2, -0.15) is 0 Å². The van der Waals surface area contributed by atoms with Crippen LogP contribution in [0, 0.1) is 23.7 Å². The number of carbonyl (C=O) groups is 5. The Morgan fingerprint density at radius 3 is 1.27 bits per heavy atom. The second-order valence-corrected chi connectivity index (χ2v) is 12.6. The maximum Gasteiger partial charge on any atom is 0.243 e. The molecule has 0 saturated carbocycles. The predicted octanol–water partition coefficient (Wildman–Crippen LogP) is 2.07. The number of benzene rings is 1. The van der Waals surface area contributed by atoms with E-state index in [4.69, 9.17) is 0 Å². The minimum Gasteiger partial charge on any atom is -0.343 e.